The van der Waals surface area contributed by atoms with Crippen molar-refractivity contribution in [2.45, 2.75) is 76.5 Å². The number of allylic oxidation sites excluding steroid dienone is 4. The molecule has 1 unspecified atom stereocenters. The quantitative estimate of drug-likeness (QED) is 0.491. The van der Waals surface area contributed by atoms with Gasteiger partial charge in [0.2, 0.25) is 0 Å². The third kappa shape index (κ3) is 6.04. The zero-order valence-corrected chi connectivity index (χ0v) is 16.4. The highest BCUT2D eigenvalue weighted by Gasteiger charge is 2.22. The average Bonchev–Trinajstić information content (AvgIpc) is 2.56. The molecule has 2 fully saturated rings. The van der Waals surface area contributed by atoms with E-state index in [1.165, 1.54) is 51.4 Å². The first-order chi connectivity index (χ1) is 10.7. The summed E-state index contributed by atoms with van der Waals surface area (Å²) in [6.45, 7) is 4.42. The van der Waals surface area contributed by atoms with E-state index in [1.54, 1.807) is 0 Å². The Morgan fingerprint density at radius 1 is 0.818 bits per heavy atom. The molecule has 2 aliphatic carbocycles. The minimum atomic E-state index is -0.0296. The lowest BCUT2D eigenvalue weighted by Crippen LogP contribution is -2.23. The van der Waals surface area contributed by atoms with Crippen LogP contribution in [0.15, 0.2) is 24.3 Å². The summed E-state index contributed by atoms with van der Waals surface area (Å²) in [5, 5.41) is 0. The Labute approximate surface area is 140 Å². The van der Waals surface area contributed by atoms with E-state index >= 15 is 0 Å². The molecule has 0 amide bonds. The summed E-state index contributed by atoms with van der Waals surface area (Å²) in [6, 6.07) is 0. The van der Waals surface area contributed by atoms with Crippen LogP contribution in [0.1, 0.15) is 65.2 Å². The normalized spacial score (nSPS) is 35.8. The Balaban J connectivity index is 1.66. The van der Waals surface area contributed by atoms with Crippen molar-refractivity contribution in [3.63, 3.8) is 0 Å². The Morgan fingerprint density at radius 3 is 1.73 bits per heavy atom. The predicted octanol–water partition coefficient (Wildman–Crippen LogP) is 5.07. The Bertz CT molecular complexity index is 347. The average molecular weight is 321 g/mol. The smallest absolute Gasteiger partial charge is 0.0583 e. The molecule has 0 spiro atoms. The van der Waals surface area contributed by atoms with E-state index < -0.39 is 0 Å². The molecule has 2 saturated carbocycles. The number of ether oxygens (including phenoxy) is 1. The van der Waals surface area contributed by atoms with Gasteiger partial charge in [-0.2, -0.15) is 0 Å². The lowest BCUT2D eigenvalue weighted by atomic mass is 9.80. The van der Waals surface area contributed by atoms with Crippen LogP contribution in [-0.4, -0.2) is 22.4 Å². The first kappa shape index (κ1) is 18.0. The summed E-state index contributed by atoms with van der Waals surface area (Å²) in [4.78, 5) is 0. The van der Waals surface area contributed by atoms with Crippen LogP contribution in [-0.2, 0) is 4.74 Å². The summed E-state index contributed by atoms with van der Waals surface area (Å²) < 4.78 is 5.48. The Morgan fingerprint density at radius 2 is 1.27 bits per heavy atom. The molecule has 0 radical (unpaired) electrons. The van der Waals surface area contributed by atoms with E-state index in [4.69, 9.17) is 4.74 Å². The highest BCUT2D eigenvalue weighted by atomic mass is 28.2. The first-order valence-electron chi connectivity index (χ1n) is 9.55. The molecule has 2 heteroatoms. The summed E-state index contributed by atoms with van der Waals surface area (Å²) in [5.41, 5.74) is 1.61. The van der Waals surface area contributed by atoms with Gasteiger partial charge in [-0.1, -0.05) is 37.1 Å². The van der Waals surface area contributed by atoms with Crippen LogP contribution in [0.25, 0.3) is 0 Å². The van der Waals surface area contributed by atoms with Gasteiger partial charge in [-0.05, 0) is 75.7 Å². The fraction of sp³-hybridized carbons (Fsp3) is 0.800. The molecular formula is C20H36OSi. The van der Waals surface area contributed by atoms with Gasteiger partial charge in [0.25, 0.3) is 0 Å². The summed E-state index contributed by atoms with van der Waals surface area (Å²) in [6.07, 6.45) is 21.2. The molecule has 0 bridgehead atoms. The van der Waals surface area contributed by atoms with Crippen LogP contribution < -0.4 is 0 Å². The highest BCUT2D eigenvalue weighted by Crippen LogP contribution is 2.35. The van der Waals surface area contributed by atoms with Crippen molar-refractivity contribution >= 4 is 9.52 Å². The molecule has 0 N–H and O–H groups in total. The molecule has 0 aliphatic heterocycles. The summed E-state index contributed by atoms with van der Waals surface area (Å²) in [5.74, 6) is 2.59. The number of methoxy groups -OCH3 is 1. The zero-order chi connectivity index (χ0) is 15.8. The third-order valence-electron chi connectivity index (χ3n) is 5.90. The van der Waals surface area contributed by atoms with Crippen LogP contribution in [0, 0.1) is 17.8 Å². The molecule has 1 atom stereocenters. The van der Waals surface area contributed by atoms with E-state index in [-0.39, 0.29) is 9.52 Å². The van der Waals surface area contributed by atoms with E-state index in [2.05, 4.69) is 38.2 Å². The van der Waals surface area contributed by atoms with E-state index in [1.807, 2.05) is 7.11 Å². The molecule has 0 heterocycles. The van der Waals surface area contributed by atoms with E-state index in [0.29, 0.717) is 5.73 Å². The highest BCUT2D eigenvalue weighted by molar-refractivity contribution is 6.39. The number of hydrogen-bond acceptors (Lipinski definition) is 1. The van der Waals surface area contributed by atoms with Gasteiger partial charge < -0.3 is 4.74 Å². The molecule has 1 nitrogen and oxygen atoms in total. The van der Waals surface area contributed by atoms with Crippen LogP contribution in [0.3, 0.4) is 0 Å². The van der Waals surface area contributed by atoms with Crippen LogP contribution in [0.2, 0.25) is 5.54 Å². The fourth-order valence-electron chi connectivity index (χ4n) is 4.30. The number of rotatable bonds is 6. The van der Waals surface area contributed by atoms with Crippen molar-refractivity contribution < 1.29 is 4.74 Å². The minimum Gasteiger partial charge on any atom is -0.386 e. The van der Waals surface area contributed by atoms with Crippen molar-refractivity contribution in [1.29, 1.82) is 0 Å². The molecular weight excluding hydrogens is 284 g/mol. The molecule has 0 aromatic rings. The van der Waals surface area contributed by atoms with Crippen molar-refractivity contribution in [3.8, 4) is 0 Å². The molecule has 2 aliphatic rings. The SMILES string of the molecule is CC=C[C@H]1CC[C@H](C=CC2CCC([SiH2]C(C)OC)CC2)CC1. The predicted molar refractivity (Wildman–Crippen MR) is 100 cm³/mol. The second-order valence-corrected chi connectivity index (χ2v) is 10.4. The van der Waals surface area contributed by atoms with Gasteiger partial charge in [-0.15, -0.1) is 0 Å². The monoisotopic (exact) mass is 320 g/mol. The lowest BCUT2D eigenvalue weighted by molar-refractivity contribution is 0.176. The second kappa shape index (κ2) is 9.72. The third-order valence-corrected chi connectivity index (χ3v) is 8.38. The zero-order valence-electron chi connectivity index (χ0n) is 15.0. The maximum atomic E-state index is 5.48. The van der Waals surface area contributed by atoms with Gasteiger partial charge in [0.1, 0.15) is 0 Å². The van der Waals surface area contributed by atoms with Gasteiger partial charge in [0.05, 0.1) is 9.52 Å². The largest absolute Gasteiger partial charge is 0.386 e. The fourth-order valence-corrected chi connectivity index (χ4v) is 6.37. The number of hydrogen-bond donors (Lipinski definition) is 0. The molecule has 0 saturated heterocycles. The van der Waals surface area contributed by atoms with Gasteiger partial charge in [0, 0.05) is 12.8 Å². The van der Waals surface area contributed by atoms with E-state index in [0.717, 1.165) is 23.3 Å². The van der Waals surface area contributed by atoms with Gasteiger partial charge >= 0.3 is 0 Å². The van der Waals surface area contributed by atoms with Gasteiger partial charge in [0.15, 0.2) is 0 Å². The summed E-state index contributed by atoms with van der Waals surface area (Å²) in [7, 11) is 1.84. The maximum absolute atomic E-state index is 5.48. The Kier molecular flexibility index (Phi) is 7.95. The van der Waals surface area contributed by atoms with Crippen molar-refractivity contribution in [3.05, 3.63) is 24.3 Å². The Hall–Kier alpha value is -0.343. The van der Waals surface area contributed by atoms with E-state index in [9.17, 15) is 0 Å². The van der Waals surface area contributed by atoms with Crippen LogP contribution in [0.4, 0.5) is 0 Å². The first-order valence-corrected chi connectivity index (χ1v) is 11.2. The van der Waals surface area contributed by atoms with Gasteiger partial charge in [-0.25, -0.2) is 0 Å². The minimum absolute atomic E-state index is 0.0296. The molecule has 126 valence electrons. The van der Waals surface area contributed by atoms with Gasteiger partial charge in [-0.3, -0.25) is 0 Å². The standard InChI is InChI=1S/C20H36OSi/c1-4-5-17-6-8-18(9-7-17)10-11-19-12-14-20(15-13-19)22-16(2)21-3/h4-5,10-11,16-20H,6-9,12-15,22H2,1-3H3/t16?,17-,18-,19?,20?. The lowest BCUT2D eigenvalue weighted by Gasteiger charge is -2.29. The van der Waals surface area contributed by atoms with Crippen molar-refractivity contribution in [1.82, 2.24) is 0 Å². The molecule has 0 aromatic heterocycles. The molecule has 0 aromatic carbocycles. The second-order valence-electron chi connectivity index (χ2n) is 7.65. The molecule has 2 rings (SSSR count). The maximum Gasteiger partial charge on any atom is 0.0583 e. The molecule has 22 heavy (non-hydrogen) atoms. The van der Waals surface area contributed by atoms with Crippen molar-refractivity contribution in [2.24, 2.45) is 17.8 Å². The topological polar surface area (TPSA) is 9.23 Å². The summed E-state index contributed by atoms with van der Waals surface area (Å²) >= 11 is 0. The van der Waals surface area contributed by atoms with Crippen LogP contribution >= 0.6 is 0 Å². The van der Waals surface area contributed by atoms with Crippen LogP contribution in [0.5, 0.6) is 0 Å². The van der Waals surface area contributed by atoms with Crippen molar-refractivity contribution in [2.75, 3.05) is 7.11 Å².